The Morgan fingerprint density at radius 2 is 1.89 bits per heavy atom. The van der Waals surface area contributed by atoms with E-state index in [1.54, 1.807) is 19.1 Å². The van der Waals surface area contributed by atoms with Crippen molar-refractivity contribution in [1.29, 1.82) is 0 Å². The second-order valence-corrected chi connectivity index (χ2v) is 10.1. The summed E-state index contributed by atoms with van der Waals surface area (Å²) in [5.41, 5.74) is 5.12. The number of benzene rings is 2. The van der Waals surface area contributed by atoms with Gasteiger partial charge in [0.05, 0.1) is 36.4 Å². The Labute approximate surface area is 212 Å². The van der Waals surface area contributed by atoms with Gasteiger partial charge in [0.1, 0.15) is 5.75 Å². The third kappa shape index (κ3) is 5.02. The fourth-order valence-electron chi connectivity index (χ4n) is 4.71. The zero-order chi connectivity index (χ0) is 25.2. The van der Waals surface area contributed by atoms with E-state index in [1.165, 1.54) is 17.3 Å². The minimum Gasteiger partial charge on any atom is -0.496 e. The molecule has 184 valence electrons. The van der Waals surface area contributed by atoms with E-state index < -0.39 is 0 Å². The fourth-order valence-corrected chi connectivity index (χ4v) is 5.73. The molecule has 0 unspecified atom stereocenters. The Morgan fingerprint density at radius 1 is 1.14 bits per heavy atom. The topological polar surface area (TPSA) is 54.4 Å². The van der Waals surface area contributed by atoms with Crippen LogP contribution >= 0.6 is 11.8 Å². The summed E-state index contributed by atoms with van der Waals surface area (Å²) < 4.78 is 11.0. The summed E-state index contributed by atoms with van der Waals surface area (Å²) >= 11 is 1.38. The van der Waals surface area contributed by atoms with E-state index in [9.17, 15) is 4.79 Å². The molecule has 2 aromatic rings. The van der Waals surface area contributed by atoms with Crippen LogP contribution in [0, 0.1) is 0 Å². The van der Waals surface area contributed by atoms with Gasteiger partial charge in [0.15, 0.2) is 5.17 Å². The van der Waals surface area contributed by atoms with Gasteiger partial charge in [-0.05, 0) is 69.3 Å². The number of carbonyl (C=O) groups is 1. The highest BCUT2D eigenvalue weighted by Crippen LogP contribution is 2.43. The lowest BCUT2D eigenvalue weighted by Crippen LogP contribution is -2.44. The Bertz CT molecular complexity index is 1200. The molecular weight excluding hydrogens is 458 g/mol. The first kappa shape index (κ1) is 25.1. The number of allylic oxidation sites excluding steroid dienone is 1. The largest absolute Gasteiger partial charge is 0.496 e. The van der Waals surface area contributed by atoms with E-state index in [4.69, 9.17) is 14.5 Å². The van der Waals surface area contributed by atoms with Gasteiger partial charge in [-0.3, -0.25) is 9.69 Å². The number of methoxy groups -OCH3 is 2. The van der Waals surface area contributed by atoms with Gasteiger partial charge in [-0.25, -0.2) is 4.99 Å². The lowest BCUT2D eigenvalue weighted by Gasteiger charge is -2.43. The van der Waals surface area contributed by atoms with Gasteiger partial charge in [0, 0.05) is 36.5 Å². The van der Waals surface area contributed by atoms with Crippen LogP contribution in [0.4, 0.5) is 11.4 Å². The molecule has 0 radical (unpaired) electrons. The number of thioether (sulfide) groups is 1. The molecule has 35 heavy (non-hydrogen) atoms. The maximum atomic E-state index is 13.4. The first-order valence-electron chi connectivity index (χ1n) is 11.8. The SMILES string of the molecule is CCN1c2cc(OC)c(/C=C3/SC(=Nc4ccccc4)N(CCOC)C3=O)cc2C(C)=CC1(C)C. The molecule has 0 bridgehead atoms. The highest BCUT2D eigenvalue weighted by Gasteiger charge is 2.34. The number of hydrogen-bond donors (Lipinski definition) is 0. The second-order valence-electron chi connectivity index (χ2n) is 9.13. The summed E-state index contributed by atoms with van der Waals surface area (Å²) in [6.07, 6.45) is 4.22. The van der Waals surface area contributed by atoms with Gasteiger partial charge in [0.25, 0.3) is 5.91 Å². The van der Waals surface area contributed by atoms with Gasteiger partial charge in [-0.2, -0.15) is 0 Å². The van der Waals surface area contributed by atoms with Crippen molar-refractivity contribution >= 4 is 45.9 Å². The van der Waals surface area contributed by atoms with Crippen LogP contribution in [0.3, 0.4) is 0 Å². The highest BCUT2D eigenvalue weighted by molar-refractivity contribution is 8.18. The van der Waals surface area contributed by atoms with Gasteiger partial charge in [0.2, 0.25) is 0 Å². The molecular formula is C28H33N3O3S. The molecule has 0 aromatic heterocycles. The number of para-hydroxylation sites is 1. The molecule has 1 fully saturated rings. The molecule has 1 saturated heterocycles. The lowest BCUT2D eigenvalue weighted by molar-refractivity contribution is -0.122. The normalized spacial score (nSPS) is 19.4. The number of anilines is 1. The molecule has 2 aliphatic heterocycles. The van der Waals surface area contributed by atoms with Crippen LogP contribution in [0.15, 0.2) is 58.4 Å². The molecule has 4 rings (SSSR count). The lowest BCUT2D eigenvalue weighted by atomic mass is 9.87. The van der Waals surface area contributed by atoms with Crippen LogP contribution in [0.1, 0.15) is 38.8 Å². The predicted molar refractivity (Wildman–Crippen MR) is 146 cm³/mol. The van der Waals surface area contributed by atoms with Crippen molar-refractivity contribution in [3.05, 3.63) is 64.6 Å². The Hall–Kier alpha value is -3.03. The molecule has 2 aromatic carbocycles. The standard InChI is InChI=1S/C28H33N3O3S/c1-7-31-23-17-24(34-6)20(15-22(23)19(2)18-28(31,3)4)16-25-26(32)30(13-14-33-5)27(35-25)29-21-11-9-8-10-12-21/h8-12,15-18H,7,13-14H2,1-6H3/b25-16+,29-27?. The molecule has 7 heteroatoms. The smallest absolute Gasteiger partial charge is 0.266 e. The number of carbonyl (C=O) groups excluding carboxylic acids is 1. The molecule has 0 aliphatic carbocycles. The maximum absolute atomic E-state index is 13.4. The van der Waals surface area contributed by atoms with Crippen LogP contribution in [-0.4, -0.2) is 55.4 Å². The molecule has 0 N–H and O–H groups in total. The first-order valence-corrected chi connectivity index (χ1v) is 12.6. The number of amides is 1. The number of aliphatic imine (C=N–C) groups is 1. The van der Waals surface area contributed by atoms with Gasteiger partial charge >= 0.3 is 0 Å². The summed E-state index contributed by atoms with van der Waals surface area (Å²) in [4.78, 5) is 22.8. The monoisotopic (exact) mass is 491 g/mol. The average Bonchev–Trinajstić information content (AvgIpc) is 3.11. The first-order chi connectivity index (χ1) is 16.8. The molecule has 0 atom stereocenters. The van der Waals surface area contributed by atoms with Crippen molar-refractivity contribution in [2.75, 3.05) is 38.8 Å². The number of nitrogens with zero attached hydrogens (tertiary/aromatic N) is 3. The molecule has 1 amide bonds. The third-order valence-electron chi connectivity index (χ3n) is 6.32. The number of likely N-dealkylation sites (N-methyl/N-ethyl adjacent to an activating group) is 1. The van der Waals surface area contributed by atoms with Crippen molar-refractivity contribution in [3.63, 3.8) is 0 Å². The summed E-state index contributed by atoms with van der Waals surface area (Å²) in [5.74, 6) is 0.663. The average molecular weight is 492 g/mol. The second kappa shape index (κ2) is 10.3. The molecule has 2 aliphatic rings. The van der Waals surface area contributed by atoms with Gasteiger partial charge < -0.3 is 14.4 Å². The molecule has 0 saturated carbocycles. The number of hydrogen-bond acceptors (Lipinski definition) is 6. The summed E-state index contributed by atoms with van der Waals surface area (Å²) in [6.45, 7) is 10.5. The fraction of sp³-hybridized carbons (Fsp3) is 0.357. The summed E-state index contributed by atoms with van der Waals surface area (Å²) in [7, 11) is 3.31. The Morgan fingerprint density at radius 3 is 2.54 bits per heavy atom. The van der Waals surface area contributed by atoms with Crippen molar-refractivity contribution in [2.24, 2.45) is 4.99 Å². The number of ether oxygens (including phenoxy) is 2. The van der Waals surface area contributed by atoms with Crippen molar-refractivity contribution < 1.29 is 14.3 Å². The summed E-state index contributed by atoms with van der Waals surface area (Å²) in [6, 6.07) is 13.9. The zero-order valence-corrected chi connectivity index (χ0v) is 22.1. The van der Waals surface area contributed by atoms with Crippen molar-refractivity contribution in [1.82, 2.24) is 4.90 Å². The number of rotatable bonds is 7. The molecule has 6 nitrogen and oxygen atoms in total. The van der Waals surface area contributed by atoms with E-state index in [1.807, 2.05) is 36.4 Å². The van der Waals surface area contributed by atoms with Crippen LogP contribution in [-0.2, 0) is 9.53 Å². The molecule has 2 heterocycles. The van der Waals surface area contributed by atoms with Gasteiger partial charge in [-0.1, -0.05) is 24.3 Å². The molecule has 0 spiro atoms. The van der Waals surface area contributed by atoms with Crippen LogP contribution in [0.2, 0.25) is 0 Å². The third-order valence-corrected chi connectivity index (χ3v) is 7.33. The summed E-state index contributed by atoms with van der Waals surface area (Å²) in [5, 5.41) is 0.649. The van der Waals surface area contributed by atoms with Gasteiger partial charge in [-0.15, -0.1) is 0 Å². The Balaban J connectivity index is 1.76. The Kier molecular flexibility index (Phi) is 7.38. The minimum absolute atomic E-state index is 0.0786. The highest BCUT2D eigenvalue weighted by atomic mass is 32.2. The van der Waals surface area contributed by atoms with E-state index in [0.717, 1.165) is 34.8 Å². The van der Waals surface area contributed by atoms with Crippen molar-refractivity contribution in [2.45, 2.75) is 33.2 Å². The quantitative estimate of drug-likeness (QED) is 0.447. The van der Waals surface area contributed by atoms with Crippen LogP contribution in [0.5, 0.6) is 5.75 Å². The van der Waals surface area contributed by atoms with Crippen molar-refractivity contribution in [3.8, 4) is 5.75 Å². The van der Waals surface area contributed by atoms with E-state index in [0.29, 0.717) is 23.2 Å². The number of amidine groups is 1. The van der Waals surface area contributed by atoms with E-state index >= 15 is 0 Å². The minimum atomic E-state index is -0.0846. The zero-order valence-electron chi connectivity index (χ0n) is 21.3. The van der Waals surface area contributed by atoms with Crippen LogP contribution in [0.25, 0.3) is 11.6 Å². The predicted octanol–water partition coefficient (Wildman–Crippen LogP) is 5.97. The van der Waals surface area contributed by atoms with E-state index in [-0.39, 0.29) is 11.4 Å². The number of fused-ring (bicyclic) bond motifs is 1. The van der Waals surface area contributed by atoms with E-state index in [2.05, 4.69) is 50.8 Å². The van der Waals surface area contributed by atoms with Crippen LogP contribution < -0.4 is 9.64 Å². The maximum Gasteiger partial charge on any atom is 0.266 e.